The number of carbonyl (C=O) groups excluding carboxylic acids is 2. The zero-order valence-electron chi connectivity index (χ0n) is 14.8. The van der Waals surface area contributed by atoms with Crippen LogP contribution >= 0.6 is 0 Å². The average Bonchev–Trinajstić information content (AvgIpc) is 3.19. The van der Waals surface area contributed by atoms with Gasteiger partial charge in [-0.3, -0.25) is 14.6 Å². The predicted molar refractivity (Wildman–Crippen MR) is 97.9 cm³/mol. The topological polar surface area (TPSA) is 80.3 Å². The molecule has 2 heterocycles. The standard InChI is InChI=1S/C20H23N3O3/c1-14-5-2-3-6-15(14)12-22-19(24)16-9-17(11-21-10-16)20(25)23-13-18-7-4-8-26-18/h2-3,5-6,9-11,18H,4,7-8,12-13H2,1H3,(H,22,24)(H,23,25). The number of carbonyl (C=O) groups is 2. The second kappa shape index (κ2) is 8.58. The minimum atomic E-state index is -0.255. The summed E-state index contributed by atoms with van der Waals surface area (Å²) in [7, 11) is 0. The summed E-state index contributed by atoms with van der Waals surface area (Å²) in [5, 5.41) is 5.71. The van der Waals surface area contributed by atoms with E-state index < -0.39 is 0 Å². The quantitative estimate of drug-likeness (QED) is 0.835. The Bertz CT molecular complexity index is 785. The fraction of sp³-hybridized carbons (Fsp3) is 0.350. The number of benzene rings is 1. The molecule has 1 aromatic heterocycles. The number of hydrogen-bond donors (Lipinski definition) is 2. The van der Waals surface area contributed by atoms with E-state index in [4.69, 9.17) is 4.74 Å². The van der Waals surface area contributed by atoms with Gasteiger partial charge in [0.25, 0.3) is 11.8 Å². The molecule has 2 amide bonds. The van der Waals surface area contributed by atoms with Gasteiger partial charge in [0.05, 0.1) is 17.2 Å². The van der Waals surface area contributed by atoms with E-state index in [-0.39, 0.29) is 17.9 Å². The summed E-state index contributed by atoms with van der Waals surface area (Å²) >= 11 is 0. The Morgan fingerprint density at radius 2 is 1.88 bits per heavy atom. The van der Waals surface area contributed by atoms with Crippen molar-refractivity contribution in [2.24, 2.45) is 0 Å². The summed E-state index contributed by atoms with van der Waals surface area (Å²) < 4.78 is 5.49. The van der Waals surface area contributed by atoms with Crippen molar-refractivity contribution in [1.82, 2.24) is 15.6 Å². The van der Waals surface area contributed by atoms with E-state index in [1.165, 1.54) is 12.4 Å². The highest BCUT2D eigenvalue weighted by atomic mass is 16.5. The molecule has 6 heteroatoms. The molecule has 6 nitrogen and oxygen atoms in total. The van der Waals surface area contributed by atoms with Crippen LogP contribution in [0.4, 0.5) is 0 Å². The van der Waals surface area contributed by atoms with Gasteiger partial charge < -0.3 is 15.4 Å². The number of amides is 2. The zero-order chi connectivity index (χ0) is 18.4. The van der Waals surface area contributed by atoms with Crippen LogP contribution in [0.15, 0.2) is 42.7 Å². The monoisotopic (exact) mass is 353 g/mol. The van der Waals surface area contributed by atoms with Crippen molar-refractivity contribution in [2.45, 2.75) is 32.4 Å². The van der Waals surface area contributed by atoms with E-state index in [0.717, 1.165) is 30.6 Å². The number of aryl methyl sites for hydroxylation is 1. The van der Waals surface area contributed by atoms with Crippen molar-refractivity contribution >= 4 is 11.8 Å². The molecule has 26 heavy (non-hydrogen) atoms. The zero-order valence-corrected chi connectivity index (χ0v) is 14.8. The molecule has 0 bridgehead atoms. The highest BCUT2D eigenvalue weighted by Crippen LogP contribution is 2.11. The summed E-state index contributed by atoms with van der Waals surface area (Å²) in [6, 6.07) is 9.44. The number of aromatic nitrogens is 1. The Kier molecular flexibility index (Phi) is 5.96. The molecule has 0 radical (unpaired) electrons. The fourth-order valence-electron chi connectivity index (χ4n) is 2.89. The van der Waals surface area contributed by atoms with Gasteiger partial charge in [-0.25, -0.2) is 0 Å². The van der Waals surface area contributed by atoms with Crippen LogP contribution in [0.2, 0.25) is 0 Å². The van der Waals surface area contributed by atoms with E-state index in [9.17, 15) is 9.59 Å². The first-order chi connectivity index (χ1) is 12.6. The maximum absolute atomic E-state index is 12.4. The minimum Gasteiger partial charge on any atom is -0.376 e. The second-order valence-electron chi connectivity index (χ2n) is 6.42. The van der Waals surface area contributed by atoms with Crippen LogP contribution in [0, 0.1) is 6.92 Å². The van der Waals surface area contributed by atoms with Gasteiger partial charge in [-0.15, -0.1) is 0 Å². The lowest BCUT2D eigenvalue weighted by molar-refractivity contribution is 0.0857. The first-order valence-electron chi connectivity index (χ1n) is 8.81. The molecule has 3 rings (SSSR count). The van der Waals surface area contributed by atoms with Crippen molar-refractivity contribution in [3.8, 4) is 0 Å². The maximum Gasteiger partial charge on any atom is 0.253 e. The normalized spacial score (nSPS) is 16.3. The van der Waals surface area contributed by atoms with Gasteiger partial charge in [-0.2, -0.15) is 0 Å². The Morgan fingerprint density at radius 3 is 2.58 bits per heavy atom. The van der Waals surface area contributed by atoms with E-state index in [1.54, 1.807) is 6.07 Å². The highest BCUT2D eigenvalue weighted by Gasteiger charge is 2.17. The van der Waals surface area contributed by atoms with E-state index in [2.05, 4.69) is 15.6 Å². The van der Waals surface area contributed by atoms with E-state index in [1.807, 2.05) is 31.2 Å². The first kappa shape index (κ1) is 18.1. The second-order valence-corrected chi connectivity index (χ2v) is 6.42. The lowest BCUT2D eigenvalue weighted by atomic mass is 10.1. The van der Waals surface area contributed by atoms with Crippen LogP contribution in [0.3, 0.4) is 0 Å². The third-order valence-corrected chi connectivity index (χ3v) is 4.48. The molecule has 0 aliphatic carbocycles. The number of nitrogens with zero attached hydrogens (tertiary/aromatic N) is 1. The van der Waals surface area contributed by atoms with Crippen LogP contribution in [0.25, 0.3) is 0 Å². The number of nitrogens with one attached hydrogen (secondary N) is 2. The lowest BCUT2D eigenvalue weighted by Crippen LogP contribution is -2.32. The van der Waals surface area contributed by atoms with Crippen molar-refractivity contribution < 1.29 is 14.3 Å². The Hall–Kier alpha value is -2.73. The van der Waals surface area contributed by atoms with E-state index in [0.29, 0.717) is 24.2 Å². The molecule has 1 aliphatic heterocycles. The minimum absolute atomic E-state index is 0.0764. The maximum atomic E-state index is 12.4. The highest BCUT2D eigenvalue weighted by molar-refractivity contribution is 5.99. The molecule has 2 aromatic rings. The molecule has 0 spiro atoms. The van der Waals surface area contributed by atoms with Crippen LogP contribution < -0.4 is 10.6 Å². The Labute approximate surface area is 153 Å². The van der Waals surface area contributed by atoms with Gasteiger partial charge in [-0.05, 0) is 37.0 Å². The number of hydrogen-bond acceptors (Lipinski definition) is 4. The third kappa shape index (κ3) is 4.67. The number of rotatable bonds is 6. The predicted octanol–water partition coefficient (Wildman–Crippen LogP) is 2.23. The summed E-state index contributed by atoms with van der Waals surface area (Å²) in [6.45, 7) is 3.66. The van der Waals surface area contributed by atoms with Crippen molar-refractivity contribution in [2.75, 3.05) is 13.2 Å². The first-order valence-corrected chi connectivity index (χ1v) is 8.81. The van der Waals surface area contributed by atoms with Crippen molar-refractivity contribution in [3.63, 3.8) is 0 Å². The number of ether oxygens (including phenoxy) is 1. The van der Waals surface area contributed by atoms with Crippen LogP contribution in [-0.4, -0.2) is 36.1 Å². The van der Waals surface area contributed by atoms with Gasteiger partial charge in [0.1, 0.15) is 0 Å². The lowest BCUT2D eigenvalue weighted by Gasteiger charge is -2.11. The number of pyridine rings is 1. The van der Waals surface area contributed by atoms with Gasteiger partial charge in [0.15, 0.2) is 0 Å². The SMILES string of the molecule is Cc1ccccc1CNC(=O)c1cncc(C(=O)NCC2CCCO2)c1. The summed E-state index contributed by atoms with van der Waals surface area (Å²) in [6.07, 6.45) is 4.98. The molecule has 2 N–H and O–H groups in total. The largest absolute Gasteiger partial charge is 0.376 e. The van der Waals surface area contributed by atoms with Gasteiger partial charge >= 0.3 is 0 Å². The van der Waals surface area contributed by atoms with Crippen LogP contribution in [0.5, 0.6) is 0 Å². The fourth-order valence-corrected chi connectivity index (χ4v) is 2.89. The molecule has 1 aromatic carbocycles. The summed E-state index contributed by atoms with van der Waals surface area (Å²) in [5.74, 6) is -0.504. The van der Waals surface area contributed by atoms with Gasteiger partial charge in [0, 0.05) is 32.1 Å². The van der Waals surface area contributed by atoms with Gasteiger partial charge in [0.2, 0.25) is 0 Å². The van der Waals surface area contributed by atoms with E-state index >= 15 is 0 Å². The molecule has 1 fully saturated rings. The summed E-state index contributed by atoms with van der Waals surface area (Å²) in [5.41, 5.74) is 2.90. The molecule has 1 atom stereocenters. The molecule has 136 valence electrons. The molecule has 0 saturated carbocycles. The molecule has 1 unspecified atom stereocenters. The molecule has 1 aliphatic rings. The Morgan fingerprint density at radius 1 is 1.15 bits per heavy atom. The molecular weight excluding hydrogens is 330 g/mol. The van der Waals surface area contributed by atoms with Gasteiger partial charge in [-0.1, -0.05) is 24.3 Å². The molecule has 1 saturated heterocycles. The smallest absolute Gasteiger partial charge is 0.253 e. The Balaban J connectivity index is 1.58. The van der Waals surface area contributed by atoms with Crippen LogP contribution in [-0.2, 0) is 11.3 Å². The van der Waals surface area contributed by atoms with Crippen LogP contribution in [0.1, 0.15) is 44.7 Å². The van der Waals surface area contributed by atoms with Crippen molar-refractivity contribution in [3.05, 3.63) is 65.0 Å². The third-order valence-electron chi connectivity index (χ3n) is 4.48. The average molecular weight is 353 g/mol. The molecular formula is C20H23N3O3. The summed E-state index contributed by atoms with van der Waals surface area (Å²) in [4.78, 5) is 28.7. The van der Waals surface area contributed by atoms with Crippen molar-refractivity contribution in [1.29, 1.82) is 0 Å².